The van der Waals surface area contributed by atoms with Crippen molar-refractivity contribution in [3.63, 3.8) is 0 Å². The number of nitrogens with zero attached hydrogens (tertiary/aromatic N) is 9. The first-order valence-electron chi connectivity index (χ1n) is 29.7. The molecule has 95 heavy (non-hydrogen) atoms. The molecule has 15 rings (SSSR count). The molecule has 0 fully saturated rings. The minimum Gasteiger partial charge on any atom is -0.264 e. The van der Waals surface area contributed by atoms with E-state index in [1.165, 1.54) is 59.4 Å². The van der Waals surface area contributed by atoms with Crippen LogP contribution in [0.5, 0.6) is 0 Å². The average Bonchev–Trinajstić information content (AvgIpc) is 2.23. The van der Waals surface area contributed by atoms with Crippen molar-refractivity contribution in [2.24, 2.45) is 0 Å². The molecule has 0 saturated carbocycles. The molecule has 0 aliphatic heterocycles. The normalized spacial score (nSPS) is 10.6. The molecular weight excluding hydrogens is 1420 g/mol. The fourth-order valence-corrected chi connectivity index (χ4v) is 13.9. The Morgan fingerprint density at radius 1 is 0.263 bits per heavy atom. The second kappa shape index (κ2) is 34.8. The number of hydrogen-bond acceptors (Lipinski definition) is 14. The molecule has 8 heterocycles. The van der Waals surface area contributed by atoms with Crippen molar-refractivity contribution < 1.29 is 13.2 Å². The van der Waals surface area contributed by atoms with Crippen molar-refractivity contribution in [1.82, 2.24) is 44.9 Å². The maximum atomic E-state index is 12.8. The quantitative estimate of drug-likeness (QED) is 0.0989. The van der Waals surface area contributed by atoms with Gasteiger partial charge in [-0.05, 0) is 113 Å². The molecule has 0 amide bonds. The molecule has 8 aromatic heterocycles. The van der Waals surface area contributed by atoms with E-state index in [0.29, 0.717) is 6.42 Å². The summed E-state index contributed by atoms with van der Waals surface area (Å²) >= 11 is 15.1. The second-order valence-electron chi connectivity index (χ2n) is 21.0. The monoisotopic (exact) mass is 1470 g/mol. The third kappa shape index (κ3) is 21.2. The van der Waals surface area contributed by atoms with E-state index in [2.05, 4.69) is 161 Å². The Morgan fingerprint density at radius 3 is 0.800 bits per heavy atom. The summed E-state index contributed by atoms with van der Waals surface area (Å²) in [5.41, 5.74) is 15.9. The number of halogens is 5. The lowest BCUT2D eigenvalue weighted by Gasteiger charge is -1.98. The van der Waals surface area contributed by atoms with E-state index >= 15 is 0 Å². The molecule has 0 aliphatic rings. The van der Waals surface area contributed by atoms with Gasteiger partial charge in [-0.1, -0.05) is 153 Å². The fourth-order valence-electron chi connectivity index (χ4n) is 9.19. The average molecular weight is 1470 g/mol. The molecule has 7 aromatic carbocycles. The van der Waals surface area contributed by atoms with Crippen molar-refractivity contribution in [2.75, 3.05) is 0 Å². The SMILES string of the molecule is Brc1ccc(Cc2nc(-c3ccccc3)cs2)cc1.Brc1ccc(Cc2nc(-c3cccnc3)cs2)cc1.Fc1ccc(Cc2nc(-c3ccccc3)cs2)cc1.Fc1ccc(Cc2nc(-c3cccnc3)cs2)cc1.Fc1ccc(Cc2nc(-c3cncnc3)cs2)cc1. The van der Waals surface area contributed by atoms with Gasteiger partial charge in [-0.15, -0.1) is 56.7 Å². The molecule has 0 saturated heterocycles. The summed E-state index contributed by atoms with van der Waals surface area (Å²) in [5, 5.41) is 15.6. The van der Waals surface area contributed by atoms with Gasteiger partial charge in [0.05, 0.1) is 53.5 Å². The van der Waals surface area contributed by atoms with Crippen LogP contribution in [-0.2, 0) is 32.1 Å². The molecule has 0 bridgehead atoms. The van der Waals surface area contributed by atoms with Crippen molar-refractivity contribution >= 4 is 88.5 Å². The molecule has 0 aliphatic carbocycles. The minimum atomic E-state index is -0.218. The highest BCUT2D eigenvalue weighted by atomic mass is 79.9. The Bertz CT molecular complexity index is 4020. The summed E-state index contributed by atoms with van der Waals surface area (Å²) in [5.74, 6) is -0.628. The summed E-state index contributed by atoms with van der Waals surface area (Å²) < 4.78 is 40.7. The Kier molecular flexibility index (Phi) is 24.6. The van der Waals surface area contributed by atoms with Crippen LogP contribution in [0.15, 0.2) is 286 Å². The van der Waals surface area contributed by atoms with Crippen LogP contribution in [0, 0.1) is 17.5 Å². The summed E-state index contributed by atoms with van der Waals surface area (Å²) in [6.45, 7) is 0. The van der Waals surface area contributed by atoms with E-state index in [-0.39, 0.29) is 17.5 Å². The molecule has 0 N–H and O–H groups in total. The van der Waals surface area contributed by atoms with E-state index < -0.39 is 0 Å². The van der Waals surface area contributed by atoms with Gasteiger partial charge in [-0.2, -0.15) is 0 Å². The minimum absolute atomic E-state index is 0.201. The van der Waals surface area contributed by atoms with Gasteiger partial charge >= 0.3 is 0 Å². The summed E-state index contributed by atoms with van der Waals surface area (Å²) in [4.78, 5) is 39.3. The Hall–Kier alpha value is -9.18. The van der Waals surface area contributed by atoms with Gasteiger partial charge in [-0.3, -0.25) is 9.97 Å². The summed E-state index contributed by atoms with van der Waals surface area (Å²) in [6.07, 6.45) is 16.1. The van der Waals surface area contributed by atoms with Crippen LogP contribution < -0.4 is 0 Å². The predicted octanol–water partition coefficient (Wildman–Crippen LogP) is 21.5. The van der Waals surface area contributed by atoms with Crippen molar-refractivity contribution in [2.45, 2.75) is 32.1 Å². The number of hydrogen-bond donors (Lipinski definition) is 0. The van der Waals surface area contributed by atoms with Crippen LogP contribution in [0.3, 0.4) is 0 Å². The smallest absolute Gasteiger partial charge is 0.123 e. The zero-order chi connectivity index (χ0) is 65.4. The number of benzene rings is 7. The van der Waals surface area contributed by atoms with E-state index in [1.54, 1.807) is 124 Å². The van der Waals surface area contributed by atoms with Gasteiger partial charge in [0.15, 0.2) is 0 Å². The standard InChI is InChI=1S/C16H12BrNS.C16H12FNS.C15H11BrN2S.C15H11FN2S.C14H10FN3S/c2*17-14-8-6-12(7-9-14)10-16-18-15(11-19-16)13-4-2-1-3-5-13;2*16-13-5-3-11(4-6-13)8-15-18-14(10-19-15)12-2-1-7-17-9-12;15-12-3-1-10(2-4-12)5-14-18-13(8-19-14)11-6-16-9-17-7-11/h2*1-9,11H,10H2;2*1-7,9-10H,8H2;1-4,6-9H,5H2. The molecular formula is C76H56Br2F3N9S5. The predicted molar refractivity (Wildman–Crippen MR) is 390 cm³/mol. The molecule has 19 heteroatoms. The molecule has 0 unspecified atom stereocenters. The Morgan fingerprint density at radius 2 is 0.516 bits per heavy atom. The highest BCUT2D eigenvalue weighted by molar-refractivity contribution is 9.10. The van der Waals surface area contributed by atoms with Gasteiger partial charge in [-0.25, -0.2) is 48.1 Å². The van der Waals surface area contributed by atoms with Crippen LogP contribution in [-0.4, -0.2) is 44.9 Å². The maximum Gasteiger partial charge on any atom is 0.123 e. The van der Waals surface area contributed by atoms with Gasteiger partial charge in [0, 0.05) is 133 Å². The van der Waals surface area contributed by atoms with Gasteiger partial charge in [0.25, 0.3) is 0 Å². The van der Waals surface area contributed by atoms with E-state index in [1.807, 2.05) is 77.6 Å². The van der Waals surface area contributed by atoms with Crippen LogP contribution in [0.4, 0.5) is 13.2 Å². The third-order valence-corrected chi connectivity index (χ3v) is 19.3. The molecule has 15 aromatic rings. The van der Waals surface area contributed by atoms with Crippen LogP contribution >= 0.6 is 88.5 Å². The van der Waals surface area contributed by atoms with Crippen molar-refractivity contribution in [1.29, 1.82) is 0 Å². The molecule has 0 spiro atoms. The Balaban J connectivity index is 0.000000121. The number of rotatable bonds is 15. The molecule has 0 radical (unpaired) electrons. The number of aromatic nitrogens is 9. The first-order valence-corrected chi connectivity index (χ1v) is 35.7. The molecule has 0 atom stereocenters. The van der Waals surface area contributed by atoms with Gasteiger partial charge in [0.2, 0.25) is 0 Å². The first kappa shape index (κ1) is 67.2. The third-order valence-electron chi connectivity index (χ3n) is 14.0. The number of pyridine rings is 2. The second-order valence-corrected chi connectivity index (χ2v) is 27.5. The zero-order valence-electron chi connectivity index (χ0n) is 50.5. The lowest BCUT2D eigenvalue weighted by atomic mass is 10.1. The van der Waals surface area contributed by atoms with E-state index in [4.69, 9.17) is 4.98 Å². The lowest BCUT2D eigenvalue weighted by molar-refractivity contribution is 0.627. The van der Waals surface area contributed by atoms with Gasteiger partial charge < -0.3 is 0 Å². The van der Waals surface area contributed by atoms with Gasteiger partial charge in [0.1, 0.15) is 23.8 Å². The van der Waals surface area contributed by atoms with E-state index in [9.17, 15) is 13.2 Å². The topological polar surface area (TPSA) is 116 Å². The highest BCUT2D eigenvalue weighted by Crippen LogP contribution is 2.29. The maximum absolute atomic E-state index is 12.8. The van der Waals surface area contributed by atoms with E-state index in [0.717, 1.165) is 127 Å². The van der Waals surface area contributed by atoms with Crippen LogP contribution in [0.2, 0.25) is 0 Å². The van der Waals surface area contributed by atoms with Crippen molar-refractivity contribution in [3.05, 3.63) is 356 Å². The van der Waals surface area contributed by atoms with Crippen LogP contribution in [0.25, 0.3) is 56.3 Å². The van der Waals surface area contributed by atoms with Crippen molar-refractivity contribution in [3.8, 4) is 56.3 Å². The first-order chi connectivity index (χ1) is 46.5. The largest absolute Gasteiger partial charge is 0.264 e. The van der Waals surface area contributed by atoms with Crippen LogP contribution in [0.1, 0.15) is 52.9 Å². The highest BCUT2D eigenvalue weighted by Gasteiger charge is 2.11. The Labute approximate surface area is 585 Å². The summed E-state index contributed by atoms with van der Waals surface area (Å²) in [6, 6.07) is 64.7. The fraction of sp³-hybridized carbons (Fsp3) is 0.0658. The summed E-state index contributed by atoms with van der Waals surface area (Å²) in [7, 11) is 0. The number of thiazole rings is 5. The molecule has 9 nitrogen and oxygen atoms in total. The lowest BCUT2D eigenvalue weighted by Crippen LogP contribution is -1.88. The molecule has 470 valence electrons. The zero-order valence-corrected chi connectivity index (χ0v) is 57.8.